The van der Waals surface area contributed by atoms with E-state index in [0.29, 0.717) is 38.2 Å². The Morgan fingerprint density at radius 3 is 2.36 bits per heavy atom. The van der Waals surface area contributed by atoms with Crippen molar-refractivity contribution in [2.75, 3.05) is 12.4 Å². The molecule has 0 spiro atoms. The molecule has 1 aromatic heterocycles. The van der Waals surface area contributed by atoms with Crippen molar-refractivity contribution >= 4 is 23.6 Å². The van der Waals surface area contributed by atoms with Crippen molar-refractivity contribution in [2.24, 2.45) is 23.7 Å². The zero-order valence-corrected chi connectivity index (χ0v) is 22.6. The SMILES string of the molecule is COc1cc(F)c(O[C@H]2CC[C@@H](C(=O)O)CC2)cc1C(=O)N[C@@H]1[C@H]2CC[C@H](C2)[C@@H]1C(=O)Nc1cc(C(F)(F)F)ncn1. The Morgan fingerprint density at radius 2 is 1.69 bits per heavy atom. The van der Waals surface area contributed by atoms with Gasteiger partial charge in [-0.15, -0.1) is 0 Å². The molecule has 14 heteroatoms. The van der Waals surface area contributed by atoms with Crippen molar-refractivity contribution in [3.8, 4) is 11.5 Å². The molecule has 0 radical (unpaired) electrons. The number of fused-ring (bicyclic) bond motifs is 2. The molecule has 3 aliphatic carbocycles. The maximum atomic E-state index is 14.9. The van der Waals surface area contributed by atoms with Crippen molar-refractivity contribution in [1.82, 2.24) is 15.3 Å². The number of anilines is 1. The molecule has 3 aliphatic rings. The van der Waals surface area contributed by atoms with E-state index in [9.17, 15) is 37.1 Å². The summed E-state index contributed by atoms with van der Waals surface area (Å²) in [4.78, 5) is 44.9. The van der Waals surface area contributed by atoms with Crippen LogP contribution in [-0.4, -0.2) is 52.1 Å². The van der Waals surface area contributed by atoms with Gasteiger partial charge < -0.3 is 25.2 Å². The van der Waals surface area contributed by atoms with Crippen LogP contribution >= 0.6 is 0 Å². The van der Waals surface area contributed by atoms with Gasteiger partial charge in [0, 0.05) is 18.2 Å². The minimum Gasteiger partial charge on any atom is -0.496 e. The Balaban J connectivity index is 1.31. The molecule has 3 N–H and O–H groups in total. The molecule has 42 heavy (non-hydrogen) atoms. The third-order valence-electron chi connectivity index (χ3n) is 8.54. The number of carbonyl (C=O) groups is 3. The molecule has 3 saturated carbocycles. The molecule has 1 aromatic carbocycles. The van der Waals surface area contributed by atoms with E-state index in [1.807, 2.05) is 0 Å². The van der Waals surface area contributed by atoms with E-state index in [1.165, 1.54) is 13.2 Å². The van der Waals surface area contributed by atoms with Crippen LogP contribution in [0.5, 0.6) is 11.5 Å². The summed E-state index contributed by atoms with van der Waals surface area (Å²) in [5.74, 6) is -4.63. The zero-order chi connectivity index (χ0) is 30.2. The Morgan fingerprint density at radius 1 is 0.976 bits per heavy atom. The van der Waals surface area contributed by atoms with Crippen molar-refractivity contribution in [2.45, 2.75) is 63.3 Å². The van der Waals surface area contributed by atoms with Gasteiger partial charge in [-0.1, -0.05) is 0 Å². The van der Waals surface area contributed by atoms with Gasteiger partial charge in [-0.05, 0) is 62.8 Å². The van der Waals surface area contributed by atoms with Crippen molar-refractivity contribution in [3.05, 3.63) is 41.6 Å². The molecule has 5 rings (SSSR count). The van der Waals surface area contributed by atoms with Gasteiger partial charge in [0.2, 0.25) is 5.91 Å². The lowest BCUT2D eigenvalue weighted by Crippen LogP contribution is -2.48. The molecule has 226 valence electrons. The fourth-order valence-electron chi connectivity index (χ4n) is 6.47. The Labute approximate surface area is 238 Å². The van der Waals surface area contributed by atoms with Gasteiger partial charge in [0.15, 0.2) is 11.6 Å². The second kappa shape index (κ2) is 11.7. The van der Waals surface area contributed by atoms with Gasteiger partial charge in [0.05, 0.1) is 30.6 Å². The highest BCUT2D eigenvalue weighted by Gasteiger charge is 2.51. The number of carboxylic acids is 1. The number of amides is 2. The monoisotopic (exact) mass is 594 g/mol. The molecule has 0 saturated heterocycles. The molecule has 3 fully saturated rings. The number of aliphatic carboxylic acids is 1. The maximum Gasteiger partial charge on any atom is 0.433 e. The lowest BCUT2D eigenvalue weighted by atomic mass is 9.83. The van der Waals surface area contributed by atoms with Crippen LogP contribution in [0.15, 0.2) is 24.5 Å². The molecule has 2 aromatic rings. The molecule has 1 heterocycles. The summed E-state index contributed by atoms with van der Waals surface area (Å²) in [5.41, 5.74) is -1.21. The first-order valence-corrected chi connectivity index (χ1v) is 13.7. The zero-order valence-electron chi connectivity index (χ0n) is 22.6. The van der Waals surface area contributed by atoms with Crippen LogP contribution in [0, 0.1) is 29.5 Å². The number of benzene rings is 1. The predicted molar refractivity (Wildman–Crippen MR) is 138 cm³/mol. The highest BCUT2D eigenvalue weighted by atomic mass is 19.4. The van der Waals surface area contributed by atoms with E-state index in [1.54, 1.807) is 0 Å². The summed E-state index contributed by atoms with van der Waals surface area (Å²) in [6.45, 7) is 0. The Kier molecular flexibility index (Phi) is 8.24. The predicted octanol–water partition coefficient (Wildman–Crippen LogP) is 4.45. The number of rotatable bonds is 8. The van der Waals surface area contributed by atoms with E-state index in [0.717, 1.165) is 25.2 Å². The van der Waals surface area contributed by atoms with E-state index in [-0.39, 0.29) is 34.7 Å². The van der Waals surface area contributed by atoms with E-state index >= 15 is 0 Å². The highest BCUT2D eigenvalue weighted by molar-refractivity contribution is 5.99. The number of methoxy groups -OCH3 is 1. The van der Waals surface area contributed by atoms with Crippen LogP contribution in [0.1, 0.15) is 61.0 Å². The lowest BCUT2D eigenvalue weighted by Gasteiger charge is -2.31. The Bertz CT molecular complexity index is 1360. The summed E-state index contributed by atoms with van der Waals surface area (Å²) in [6.07, 6.45) is -0.626. The van der Waals surface area contributed by atoms with Gasteiger partial charge in [0.1, 0.15) is 23.6 Å². The minimum atomic E-state index is -4.71. The second-order valence-corrected chi connectivity index (χ2v) is 11.0. The number of alkyl halides is 3. The number of nitrogens with zero attached hydrogens (tertiary/aromatic N) is 2. The van der Waals surface area contributed by atoms with Crippen LogP contribution in [-0.2, 0) is 15.8 Å². The summed E-state index contributed by atoms with van der Waals surface area (Å²) >= 11 is 0. The smallest absolute Gasteiger partial charge is 0.433 e. The van der Waals surface area contributed by atoms with Gasteiger partial charge >= 0.3 is 12.1 Å². The third kappa shape index (κ3) is 6.12. The average Bonchev–Trinajstić information content (AvgIpc) is 3.56. The number of nitrogens with one attached hydrogen (secondary N) is 2. The summed E-state index contributed by atoms with van der Waals surface area (Å²) in [6, 6.07) is 2.29. The number of halogens is 4. The van der Waals surface area contributed by atoms with Crippen LogP contribution in [0.3, 0.4) is 0 Å². The van der Waals surface area contributed by atoms with Gasteiger partial charge in [-0.25, -0.2) is 14.4 Å². The topological polar surface area (TPSA) is 140 Å². The first-order valence-electron chi connectivity index (χ1n) is 13.7. The highest BCUT2D eigenvalue weighted by Crippen LogP contribution is 2.49. The van der Waals surface area contributed by atoms with Crippen molar-refractivity contribution in [1.29, 1.82) is 0 Å². The molecule has 0 unspecified atom stereocenters. The van der Waals surface area contributed by atoms with Crippen molar-refractivity contribution in [3.63, 3.8) is 0 Å². The first kappa shape index (κ1) is 29.5. The quantitative estimate of drug-likeness (QED) is 0.381. The normalized spacial score (nSPS) is 26.9. The molecule has 2 bridgehead atoms. The van der Waals surface area contributed by atoms with E-state index < -0.39 is 59.5 Å². The number of carbonyl (C=O) groups excluding carboxylic acids is 2. The number of ether oxygens (including phenoxy) is 2. The average molecular weight is 595 g/mol. The van der Waals surface area contributed by atoms with Crippen molar-refractivity contribution < 1.29 is 46.5 Å². The molecule has 2 amide bonds. The standard InChI is InChI=1S/C28H30F4N4O6/c1-41-19-10-18(29)20(42-16-6-4-13(5-7-16)27(39)40)9-17(19)25(37)36-24-15-3-2-14(8-15)23(24)26(38)35-22-11-21(28(30,31)32)33-12-34-22/h9-16,23-24H,2-8H2,1H3,(H,36,37)(H,39,40)(H,33,34,35,38)/t13-,14-,15+,16+,23+,24-/m1/s1. The van der Waals surface area contributed by atoms with E-state index in [2.05, 4.69) is 20.6 Å². The number of carboxylic acid groups (broad SMARTS) is 1. The van der Waals surface area contributed by atoms with Gasteiger partial charge in [0.25, 0.3) is 5.91 Å². The molecule has 4 atom stereocenters. The van der Waals surface area contributed by atoms with Gasteiger partial charge in [-0.2, -0.15) is 13.2 Å². The molecule has 0 aliphatic heterocycles. The number of hydrogen-bond donors (Lipinski definition) is 3. The van der Waals surface area contributed by atoms with Crippen LogP contribution < -0.4 is 20.1 Å². The minimum absolute atomic E-state index is 0.0133. The maximum absolute atomic E-state index is 14.9. The number of aromatic nitrogens is 2. The third-order valence-corrected chi connectivity index (χ3v) is 8.54. The lowest BCUT2D eigenvalue weighted by molar-refractivity contribution is -0.143. The fraction of sp³-hybridized carbons (Fsp3) is 0.536. The largest absolute Gasteiger partial charge is 0.496 e. The summed E-state index contributed by atoms with van der Waals surface area (Å²) in [5, 5.41) is 14.5. The van der Waals surface area contributed by atoms with Crippen LogP contribution in [0.25, 0.3) is 0 Å². The van der Waals surface area contributed by atoms with E-state index in [4.69, 9.17) is 9.47 Å². The summed E-state index contributed by atoms with van der Waals surface area (Å²) in [7, 11) is 1.28. The number of hydrogen-bond acceptors (Lipinski definition) is 7. The Hall–Kier alpha value is -3.97. The second-order valence-electron chi connectivity index (χ2n) is 11.0. The first-order chi connectivity index (χ1) is 19.9. The molecular formula is C28H30F4N4O6. The van der Waals surface area contributed by atoms with Gasteiger partial charge in [-0.3, -0.25) is 14.4 Å². The fourth-order valence-corrected chi connectivity index (χ4v) is 6.47. The van der Waals surface area contributed by atoms with Crippen LogP contribution in [0.4, 0.5) is 23.4 Å². The van der Waals surface area contributed by atoms with Crippen LogP contribution in [0.2, 0.25) is 0 Å². The molecule has 10 nitrogen and oxygen atoms in total. The summed E-state index contributed by atoms with van der Waals surface area (Å²) < 4.78 is 65.2. The molecular weight excluding hydrogens is 564 g/mol.